The summed E-state index contributed by atoms with van der Waals surface area (Å²) in [6.45, 7) is 1.07. The zero-order chi connectivity index (χ0) is 15.0. The maximum atomic E-state index is 13.6. The molecule has 8 heteroatoms. The second-order valence-electron chi connectivity index (χ2n) is 3.92. The van der Waals surface area contributed by atoms with Gasteiger partial charge in [-0.25, -0.2) is 22.5 Å². The van der Waals surface area contributed by atoms with E-state index in [-0.39, 0.29) is 10.6 Å². The van der Waals surface area contributed by atoms with Crippen LogP contribution in [0.3, 0.4) is 0 Å². The number of aromatic amines is 1. The molecule has 0 aliphatic heterocycles. The Hall–Kier alpha value is -2.64. The summed E-state index contributed by atoms with van der Waals surface area (Å²) in [5.41, 5.74) is -3.39. The molecular formula is C12H7F3N2O3. The molecular weight excluding hydrogens is 277 g/mol. The Balaban J connectivity index is 2.87. The molecule has 0 saturated heterocycles. The van der Waals surface area contributed by atoms with Crippen molar-refractivity contribution in [3.63, 3.8) is 0 Å². The van der Waals surface area contributed by atoms with E-state index in [0.717, 1.165) is 13.1 Å². The number of hydrogen-bond donors (Lipinski definition) is 1. The first-order valence-electron chi connectivity index (χ1n) is 5.33. The minimum atomic E-state index is -1.46. The van der Waals surface area contributed by atoms with Gasteiger partial charge >= 0.3 is 5.69 Å². The topological polar surface area (TPSA) is 71.9 Å². The Kier molecular flexibility index (Phi) is 3.31. The van der Waals surface area contributed by atoms with E-state index < -0.39 is 45.7 Å². The molecule has 0 aliphatic carbocycles. The highest BCUT2D eigenvalue weighted by molar-refractivity contribution is 5.93. The molecule has 0 aliphatic rings. The number of benzene rings is 1. The van der Waals surface area contributed by atoms with E-state index in [1.54, 1.807) is 0 Å². The third-order valence-corrected chi connectivity index (χ3v) is 2.59. The standard InChI is InChI=1S/C12H7F3N2O3/c1-5(18)6-4-16-12(20)17(11(6)19)10-3-8(14)7(13)2-9(10)15/h2-4H,1H3,(H,16,20). The van der Waals surface area contributed by atoms with Crippen LogP contribution in [-0.2, 0) is 0 Å². The molecule has 0 bridgehead atoms. The second-order valence-corrected chi connectivity index (χ2v) is 3.92. The van der Waals surface area contributed by atoms with Gasteiger partial charge in [-0.05, 0) is 6.92 Å². The summed E-state index contributed by atoms with van der Waals surface area (Å²) < 4.78 is 39.8. The number of H-pyrrole nitrogens is 1. The number of hydrogen-bond acceptors (Lipinski definition) is 3. The Morgan fingerprint density at radius 3 is 2.30 bits per heavy atom. The Morgan fingerprint density at radius 1 is 1.10 bits per heavy atom. The van der Waals surface area contributed by atoms with Crippen LogP contribution in [0.4, 0.5) is 13.2 Å². The maximum Gasteiger partial charge on any atom is 0.333 e. The van der Waals surface area contributed by atoms with E-state index in [1.807, 2.05) is 0 Å². The van der Waals surface area contributed by atoms with Gasteiger partial charge in [-0.2, -0.15) is 0 Å². The first kappa shape index (κ1) is 13.8. The van der Waals surface area contributed by atoms with Crippen LogP contribution in [0.1, 0.15) is 17.3 Å². The monoisotopic (exact) mass is 284 g/mol. The van der Waals surface area contributed by atoms with E-state index in [9.17, 15) is 27.6 Å². The second kappa shape index (κ2) is 4.80. The summed E-state index contributed by atoms with van der Waals surface area (Å²) in [5.74, 6) is -4.86. The third-order valence-electron chi connectivity index (χ3n) is 2.59. The number of nitrogens with one attached hydrogen (secondary N) is 1. The van der Waals surface area contributed by atoms with Crippen LogP contribution < -0.4 is 11.2 Å². The van der Waals surface area contributed by atoms with Crippen molar-refractivity contribution in [1.29, 1.82) is 0 Å². The summed E-state index contributed by atoms with van der Waals surface area (Å²) in [4.78, 5) is 36.8. The van der Waals surface area contributed by atoms with Crippen molar-refractivity contribution in [2.24, 2.45) is 0 Å². The number of rotatable bonds is 2. The molecule has 0 fully saturated rings. The van der Waals surface area contributed by atoms with Gasteiger partial charge < -0.3 is 4.98 Å². The van der Waals surface area contributed by atoms with Crippen LogP contribution in [0.25, 0.3) is 5.69 Å². The van der Waals surface area contributed by atoms with Gasteiger partial charge in [0.15, 0.2) is 23.2 Å². The normalized spacial score (nSPS) is 10.6. The molecule has 0 spiro atoms. The van der Waals surface area contributed by atoms with Gasteiger partial charge in [-0.1, -0.05) is 0 Å². The SMILES string of the molecule is CC(=O)c1c[nH]c(=O)n(-c2cc(F)c(F)cc2F)c1=O. The molecule has 5 nitrogen and oxygen atoms in total. The molecule has 1 N–H and O–H groups in total. The summed E-state index contributed by atoms with van der Waals surface area (Å²) >= 11 is 0. The zero-order valence-electron chi connectivity index (χ0n) is 10.0. The van der Waals surface area contributed by atoms with Crippen molar-refractivity contribution >= 4 is 5.78 Å². The molecule has 20 heavy (non-hydrogen) atoms. The highest BCUT2D eigenvalue weighted by Crippen LogP contribution is 2.15. The van der Waals surface area contributed by atoms with Crippen LogP contribution in [0, 0.1) is 17.5 Å². The number of aromatic nitrogens is 2. The highest BCUT2D eigenvalue weighted by Gasteiger charge is 2.17. The lowest BCUT2D eigenvalue weighted by molar-refractivity contribution is 0.101. The quantitative estimate of drug-likeness (QED) is 0.664. The fourth-order valence-electron chi connectivity index (χ4n) is 1.63. The molecule has 0 saturated carbocycles. The molecule has 0 amide bonds. The van der Waals surface area contributed by atoms with E-state index in [1.165, 1.54) is 0 Å². The van der Waals surface area contributed by atoms with Crippen LogP contribution in [0.2, 0.25) is 0 Å². The van der Waals surface area contributed by atoms with Crippen molar-refractivity contribution in [2.45, 2.75) is 6.92 Å². The van der Waals surface area contributed by atoms with Crippen LogP contribution >= 0.6 is 0 Å². The fraction of sp³-hybridized carbons (Fsp3) is 0.0833. The summed E-state index contributed by atoms with van der Waals surface area (Å²) in [5, 5.41) is 0. The van der Waals surface area contributed by atoms with Gasteiger partial charge in [0.2, 0.25) is 0 Å². The lowest BCUT2D eigenvalue weighted by atomic mass is 10.2. The average Bonchev–Trinajstić information content (AvgIpc) is 2.35. The van der Waals surface area contributed by atoms with Crippen molar-refractivity contribution in [1.82, 2.24) is 9.55 Å². The van der Waals surface area contributed by atoms with E-state index in [0.29, 0.717) is 6.07 Å². The Morgan fingerprint density at radius 2 is 1.70 bits per heavy atom. The van der Waals surface area contributed by atoms with Gasteiger partial charge in [0.25, 0.3) is 5.56 Å². The number of carbonyl (C=O) groups excluding carboxylic acids is 1. The maximum absolute atomic E-state index is 13.6. The van der Waals surface area contributed by atoms with Crippen LogP contribution in [0.5, 0.6) is 0 Å². The number of nitrogens with zero attached hydrogens (tertiary/aromatic N) is 1. The molecule has 1 aromatic heterocycles. The minimum absolute atomic E-state index is 0.205. The molecule has 1 heterocycles. The average molecular weight is 284 g/mol. The lowest BCUT2D eigenvalue weighted by Gasteiger charge is -2.07. The molecule has 104 valence electrons. The van der Waals surface area contributed by atoms with Crippen molar-refractivity contribution in [3.05, 3.63) is 62.2 Å². The van der Waals surface area contributed by atoms with Crippen molar-refractivity contribution < 1.29 is 18.0 Å². The number of ketones is 1. The predicted molar refractivity (Wildman–Crippen MR) is 62.5 cm³/mol. The van der Waals surface area contributed by atoms with Crippen LogP contribution in [0.15, 0.2) is 27.9 Å². The minimum Gasteiger partial charge on any atom is -0.313 e. The van der Waals surface area contributed by atoms with Gasteiger partial charge in [-0.15, -0.1) is 0 Å². The summed E-state index contributed by atoms with van der Waals surface area (Å²) in [6, 6.07) is 0.572. The first-order valence-corrected chi connectivity index (χ1v) is 5.33. The number of Topliss-reactive ketones (excluding diaryl/α,β-unsaturated/α-hetero) is 1. The zero-order valence-corrected chi connectivity index (χ0v) is 10.0. The number of halogens is 3. The third kappa shape index (κ3) is 2.15. The van der Waals surface area contributed by atoms with Gasteiger partial charge in [-0.3, -0.25) is 9.59 Å². The molecule has 2 aromatic rings. The molecule has 0 atom stereocenters. The summed E-state index contributed by atoms with van der Waals surface area (Å²) in [6.07, 6.45) is 0.876. The Bertz CT molecular complexity index is 824. The van der Waals surface area contributed by atoms with Crippen molar-refractivity contribution in [3.8, 4) is 5.69 Å². The number of carbonyl (C=O) groups is 1. The fourth-order valence-corrected chi connectivity index (χ4v) is 1.63. The van der Waals surface area contributed by atoms with Crippen LogP contribution in [-0.4, -0.2) is 15.3 Å². The molecule has 1 aromatic carbocycles. The Labute approximate surface area is 109 Å². The van der Waals surface area contributed by atoms with E-state index in [2.05, 4.69) is 4.98 Å². The summed E-state index contributed by atoms with van der Waals surface area (Å²) in [7, 11) is 0. The lowest BCUT2D eigenvalue weighted by Crippen LogP contribution is -2.37. The molecule has 0 radical (unpaired) electrons. The predicted octanol–water partition coefficient (Wildman–Crippen LogP) is 1.15. The van der Waals surface area contributed by atoms with E-state index in [4.69, 9.17) is 0 Å². The highest BCUT2D eigenvalue weighted by atomic mass is 19.2. The van der Waals surface area contributed by atoms with Gasteiger partial charge in [0.1, 0.15) is 0 Å². The van der Waals surface area contributed by atoms with Gasteiger partial charge in [0.05, 0.1) is 11.3 Å². The smallest absolute Gasteiger partial charge is 0.313 e. The first-order chi connectivity index (χ1) is 9.32. The van der Waals surface area contributed by atoms with Gasteiger partial charge in [0, 0.05) is 18.3 Å². The molecule has 2 rings (SSSR count). The van der Waals surface area contributed by atoms with Crippen molar-refractivity contribution in [2.75, 3.05) is 0 Å². The van der Waals surface area contributed by atoms with E-state index >= 15 is 0 Å². The largest absolute Gasteiger partial charge is 0.333 e. The molecule has 0 unspecified atom stereocenters.